The molecule has 0 amide bonds. The lowest BCUT2D eigenvalue weighted by Gasteiger charge is -2.02. The second-order valence-electron chi connectivity index (χ2n) is 3.64. The van der Waals surface area contributed by atoms with Crippen molar-refractivity contribution in [2.45, 2.75) is 19.6 Å². The number of carbonyl (C=O) groups is 1. The third-order valence-corrected chi connectivity index (χ3v) is 2.33. The quantitative estimate of drug-likeness (QED) is 0.469. The van der Waals surface area contributed by atoms with Crippen LogP contribution in [0.25, 0.3) is 0 Å². The Balaban J connectivity index is 2.09. The summed E-state index contributed by atoms with van der Waals surface area (Å²) in [5.41, 5.74) is 1.37. The molecule has 1 aromatic carbocycles. The van der Waals surface area contributed by atoms with Gasteiger partial charge in [-0.3, -0.25) is 0 Å². The van der Waals surface area contributed by atoms with Gasteiger partial charge in [0.1, 0.15) is 12.7 Å². The molecule has 1 aromatic rings. The highest BCUT2D eigenvalue weighted by molar-refractivity contribution is 5.78. The van der Waals surface area contributed by atoms with Crippen molar-refractivity contribution in [3.05, 3.63) is 23.8 Å². The molecule has 2 rings (SSSR count). The van der Waals surface area contributed by atoms with Crippen molar-refractivity contribution in [1.82, 2.24) is 0 Å². The topological polar surface area (TPSA) is 93.3 Å². The van der Waals surface area contributed by atoms with Gasteiger partial charge in [0.05, 0.1) is 12.3 Å². The zero-order chi connectivity index (χ0) is 13.7. The van der Waals surface area contributed by atoms with Crippen LogP contribution in [-0.4, -0.2) is 18.6 Å². The predicted molar refractivity (Wildman–Crippen MR) is 62.4 cm³/mol. The van der Waals surface area contributed by atoms with Crippen molar-refractivity contribution in [3.8, 4) is 11.8 Å². The molecule has 0 saturated carbocycles. The first-order chi connectivity index (χ1) is 9.24. The molecule has 19 heavy (non-hydrogen) atoms. The van der Waals surface area contributed by atoms with Gasteiger partial charge in [0, 0.05) is 11.6 Å². The Morgan fingerprint density at radius 2 is 2.47 bits per heavy atom. The minimum absolute atomic E-state index is 0.191. The Hall–Kier alpha value is -2.46. The zero-order valence-corrected chi connectivity index (χ0v) is 10.2. The fourth-order valence-corrected chi connectivity index (χ4v) is 1.43. The minimum atomic E-state index is -1.26. The van der Waals surface area contributed by atoms with Gasteiger partial charge in [0.15, 0.2) is 5.75 Å². The summed E-state index contributed by atoms with van der Waals surface area (Å²) in [7, 11) is 0. The van der Waals surface area contributed by atoms with Gasteiger partial charge in [-0.25, -0.2) is 4.79 Å². The molecule has 1 heterocycles. The van der Waals surface area contributed by atoms with Crippen molar-refractivity contribution in [1.29, 1.82) is 5.26 Å². The molecule has 0 radical (unpaired) electrons. The van der Waals surface area contributed by atoms with Crippen LogP contribution in [0.4, 0.5) is 5.69 Å². The van der Waals surface area contributed by atoms with Crippen LogP contribution < -0.4 is 4.89 Å². The van der Waals surface area contributed by atoms with Crippen molar-refractivity contribution < 1.29 is 19.3 Å². The second-order valence-corrected chi connectivity index (χ2v) is 3.64. The molecule has 7 heteroatoms. The van der Waals surface area contributed by atoms with Crippen molar-refractivity contribution in [2.24, 2.45) is 10.2 Å². The van der Waals surface area contributed by atoms with Crippen molar-refractivity contribution in [3.63, 3.8) is 0 Å². The van der Waals surface area contributed by atoms with E-state index >= 15 is 0 Å². The van der Waals surface area contributed by atoms with E-state index in [0.29, 0.717) is 18.0 Å². The molecule has 1 aliphatic rings. The SMILES string of the molecule is CCOC(=O)C(C#N)N=Nc1ccc2c(c1)OOC2. The first-order valence-corrected chi connectivity index (χ1v) is 5.64. The average molecular weight is 261 g/mol. The molecule has 98 valence electrons. The number of benzene rings is 1. The van der Waals surface area contributed by atoms with Gasteiger partial charge >= 0.3 is 5.97 Å². The highest BCUT2D eigenvalue weighted by Gasteiger charge is 2.18. The first kappa shape index (κ1) is 13.0. The summed E-state index contributed by atoms with van der Waals surface area (Å²) < 4.78 is 4.70. The van der Waals surface area contributed by atoms with Crippen LogP contribution in [0.5, 0.6) is 5.75 Å². The summed E-state index contributed by atoms with van der Waals surface area (Å²) in [5.74, 6) is -0.157. The minimum Gasteiger partial charge on any atom is -0.464 e. The Morgan fingerprint density at radius 1 is 1.63 bits per heavy atom. The Bertz CT molecular complexity index is 550. The van der Waals surface area contributed by atoms with Gasteiger partial charge in [0.2, 0.25) is 0 Å². The molecule has 1 atom stereocenters. The fraction of sp³-hybridized carbons (Fsp3) is 0.333. The molecule has 7 nitrogen and oxygen atoms in total. The van der Waals surface area contributed by atoms with Crippen LogP contribution in [0.3, 0.4) is 0 Å². The maximum atomic E-state index is 11.3. The molecular formula is C12H11N3O4. The highest BCUT2D eigenvalue weighted by Crippen LogP contribution is 2.30. The molecular weight excluding hydrogens is 250 g/mol. The van der Waals surface area contributed by atoms with E-state index in [-0.39, 0.29) is 6.61 Å². The summed E-state index contributed by atoms with van der Waals surface area (Å²) >= 11 is 0. The number of carbonyl (C=O) groups excluding carboxylic acids is 1. The summed E-state index contributed by atoms with van der Waals surface area (Å²) in [6, 6.07) is 5.55. The highest BCUT2D eigenvalue weighted by atomic mass is 17.2. The summed E-state index contributed by atoms with van der Waals surface area (Å²) in [4.78, 5) is 21.0. The molecule has 1 aliphatic heterocycles. The number of fused-ring (bicyclic) bond motifs is 1. The van der Waals surface area contributed by atoms with Crippen LogP contribution in [0.15, 0.2) is 28.4 Å². The molecule has 0 aliphatic carbocycles. The fourth-order valence-electron chi connectivity index (χ4n) is 1.43. The van der Waals surface area contributed by atoms with Crippen molar-refractivity contribution in [2.75, 3.05) is 6.61 Å². The van der Waals surface area contributed by atoms with E-state index < -0.39 is 12.0 Å². The summed E-state index contributed by atoms with van der Waals surface area (Å²) in [5, 5.41) is 16.3. The number of nitriles is 1. The first-order valence-electron chi connectivity index (χ1n) is 5.64. The van der Waals surface area contributed by atoms with Gasteiger partial charge in [-0.05, 0) is 13.0 Å². The lowest BCUT2D eigenvalue weighted by molar-refractivity contribution is -0.194. The number of ether oxygens (including phenoxy) is 1. The third-order valence-electron chi connectivity index (χ3n) is 2.33. The number of azo groups is 1. The van der Waals surface area contributed by atoms with Gasteiger partial charge in [-0.15, -0.1) is 0 Å². The molecule has 0 N–H and O–H groups in total. The molecule has 0 saturated heterocycles. The third kappa shape index (κ3) is 3.05. The van der Waals surface area contributed by atoms with Gasteiger partial charge in [-0.2, -0.15) is 20.4 Å². The summed E-state index contributed by atoms with van der Waals surface area (Å²) in [6.45, 7) is 2.23. The van der Waals surface area contributed by atoms with Gasteiger partial charge in [-0.1, -0.05) is 6.07 Å². The predicted octanol–water partition coefficient (Wildman–Crippen LogP) is 2.05. The normalized spacial score (nSPS) is 14.5. The monoisotopic (exact) mass is 261 g/mol. The molecule has 0 bridgehead atoms. The van der Waals surface area contributed by atoms with E-state index in [1.54, 1.807) is 31.2 Å². The number of hydrogen-bond donors (Lipinski definition) is 0. The van der Waals surface area contributed by atoms with E-state index in [0.717, 1.165) is 5.56 Å². The van der Waals surface area contributed by atoms with E-state index in [1.807, 2.05) is 0 Å². The van der Waals surface area contributed by atoms with Crippen LogP contribution in [0.1, 0.15) is 12.5 Å². The Kier molecular flexibility index (Phi) is 4.05. The maximum absolute atomic E-state index is 11.3. The number of hydrogen-bond acceptors (Lipinski definition) is 7. The maximum Gasteiger partial charge on any atom is 0.347 e. The van der Waals surface area contributed by atoms with Crippen LogP contribution in [0, 0.1) is 11.3 Å². The van der Waals surface area contributed by atoms with Gasteiger partial charge < -0.3 is 9.62 Å². The van der Waals surface area contributed by atoms with Crippen LogP contribution >= 0.6 is 0 Å². The molecule has 0 spiro atoms. The largest absolute Gasteiger partial charge is 0.464 e. The van der Waals surface area contributed by atoms with Gasteiger partial charge in [0.25, 0.3) is 6.04 Å². The molecule has 1 unspecified atom stereocenters. The van der Waals surface area contributed by atoms with E-state index in [1.165, 1.54) is 0 Å². The number of nitrogens with zero attached hydrogens (tertiary/aromatic N) is 3. The number of esters is 1. The van der Waals surface area contributed by atoms with Crippen LogP contribution in [0.2, 0.25) is 0 Å². The number of rotatable bonds is 4. The van der Waals surface area contributed by atoms with E-state index in [2.05, 4.69) is 10.2 Å². The van der Waals surface area contributed by atoms with Crippen molar-refractivity contribution >= 4 is 11.7 Å². The zero-order valence-electron chi connectivity index (χ0n) is 10.2. The lowest BCUT2D eigenvalue weighted by Crippen LogP contribution is -2.19. The molecule has 0 aromatic heterocycles. The smallest absolute Gasteiger partial charge is 0.347 e. The van der Waals surface area contributed by atoms with E-state index in [4.69, 9.17) is 19.8 Å². The Labute approximate surface area is 109 Å². The van der Waals surface area contributed by atoms with Crippen LogP contribution in [-0.2, 0) is 21.0 Å². The standard InChI is InChI=1S/C12H11N3O4/c1-2-17-12(16)10(6-13)15-14-9-4-3-8-7-18-19-11(8)5-9/h3-5,10H,2,7H2,1H3. The molecule has 0 fully saturated rings. The van der Waals surface area contributed by atoms with E-state index in [9.17, 15) is 4.79 Å². The average Bonchev–Trinajstić information content (AvgIpc) is 2.87. The Morgan fingerprint density at radius 3 is 3.21 bits per heavy atom. The second kappa shape index (κ2) is 5.93. The lowest BCUT2D eigenvalue weighted by atomic mass is 10.2. The summed E-state index contributed by atoms with van der Waals surface area (Å²) in [6.07, 6.45) is 0.